The Morgan fingerprint density at radius 2 is 2.05 bits per heavy atom. The number of amidine groups is 1. The van der Waals surface area contributed by atoms with Gasteiger partial charge < -0.3 is 15.6 Å². The SMILES string of the molecule is C\C=C/C=N\C(=N\C=C(/C)c1cc(/C(=C/C=N)NC)c2c(C(C)C)c(N(C)C3CCC3)sc2n1)C(C)CC. The van der Waals surface area contributed by atoms with Crippen molar-refractivity contribution in [2.24, 2.45) is 15.9 Å². The molecule has 0 aliphatic heterocycles. The molecular weight excluding hydrogens is 488 g/mol. The topological polar surface area (TPSA) is 76.7 Å². The van der Waals surface area contributed by atoms with E-state index in [4.69, 9.17) is 15.4 Å². The lowest BCUT2D eigenvalue weighted by Gasteiger charge is -2.36. The van der Waals surface area contributed by atoms with E-state index < -0.39 is 0 Å². The van der Waals surface area contributed by atoms with E-state index in [1.165, 1.54) is 41.4 Å². The average Bonchev–Trinajstić information content (AvgIpc) is 3.27. The monoisotopic (exact) mass is 532 g/mol. The molecule has 0 saturated heterocycles. The van der Waals surface area contributed by atoms with Gasteiger partial charge in [-0.3, -0.25) is 0 Å². The Balaban J connectivity index is 2.23. The Morgan fingerprint density at radius 1 is 1.32 bits per heavy atom. The molecule has 2 aromatic heterocycles. The zero-order chi connectivity index (χ0) is 27.8. The van der Waals surface area contributed by atoms with Gasteiger partial charge in [0, 0.05) is 61.3 Å². The van der Waals surface area contributed by atoms with Crippen LogP contribution in [-0.2, 0) is 0 Å². The quantitative estimate of drug-likeness (QED) is 0.227. The maximum atomic E-state index is 7.76. The van der Waals surface area contributed by atoms with Gasteiger partial charge in [-0.25, -0.2) is 15.0 Å². The number of hydrogen-bond acceptors (Lipinski definition) is 6. The van der Waals surface area contributed by atoms with Crippen molar-refractivity contribution in [2.75, 3.05) is 19.0 Å². The number of aromatic nitrogens is 1. The third-order valence-electron chi connectivity index (χ3n) is 7.34. The highest BCUT2D eigenvalue weighted by Gasteiger charge is 2.29. The average molecular weight is 533 g/mol. The zero-order valence-corrected chi connectivity index (χ0v) is 25.1. The highest BCUT2D eigenvalue weighted by Crippen LogP contribution is 2.46. The number of anilines is 1. The number of allylic oxidation sites excluding steroid dienone is 4. The molecule has 7 heteroatoms. The van der Waals surface area contributed by atoms with Gasteiger partial charge in [0.15, 0.2) is 0 Å². The van der Waals surface area contributed by atoms with Gasteiger partial charge in [-0.05, 0) is 74.8 Å². The first-order valence-electron chi connectivity index (χ1n) is 13.8. The Kier molecular flexibility index (Phi) is 10.6. The number of pyridine rings is 1. The maximum Gasteiger partial charge on any atom is 0.130 e. The van der Waals surface area contributed by atoms with Gasteiger partial charge in [0.1, 0.15) is 10.7 Å². The predicted molar refractivity (Wildman–Crippen MR) is 169 cm³/mol. The maximum absolute atomic E-state index is 7.76. The Labute approximate surface area is 232 Å². The number of fused-ring (bicyclic) bond motifs is 1. The summed E-state index contributed by atoms with van der Waals surface area (Å²) in [5.41, 5.74) is 5.20. The fourth-order valence-corrected chi connectivity index (χ4v) is 5.95. The van der Waals surface area contributed by atoms with Gasteiger partial charge in [-0.2, -0.15) is 0 Å². The van der Waals surface area contributed by atoms with Crippen molar-refractivity contribution in [3.8, 4) is 0 Å². The molecule has 0 spiro atoms. The number of nitrogens with one attached hydrogen (secondary N) is 2. The highest BCUT2D eigenvalue weighted by atomic mass is 32.1. The second-order valence-electron chi connectivity index (χ2n) is 10.3. The lowest BCUT2D eigenvalue weighted by Crippen LogP contribution is -2.37. The second-order valence-corrected chi connectivity index (χ2v) is 11.3. The Bertz CT molecular complexity index is 1270. The van der Waals surface area contributed by atoms with Crippen LogP contribution < -0.4 is 10.2 Å². The molecule has 0 radical (unpaired) electrons. The Morgan fingerprint density at radius 3 is 2.61 bits per heavy atom. The largest absolute Gasteiger partial charge is 0.388 e. The molecule has 2 aromatic rings. The summed E-state index contributed by atoms with van der Waals surface area (Å²) in [7, 11) is 4.15. The van der Waals surface area contributed by atoms with E-state index >= 15 is 0 Å². The molecular formula is C31H44N6S. The molecule has 204 valence electrons. The lowest BCUT2D eigenvalue weighted by molar-refractivity contribution is 0.402. The van der Waals surface area contributed by atoms with Gasteiger partial charge in [0.25, 0.3) is 0 Å². The van der Waals surface area contributed by atoms with Gasteiger partial charge in [-0.1, -0.05) is 45.1 Å². The molecule has 1 aliphatic rings. The van der Waals surface area contributed by atoms with E-state index in [2.05, 4.69) is 62.9 Å². The first-order chi connectivity index (χ1) is 18.3. The summed E-state index contributed by atoms with van der Waals surface area (Å²) < 4.78 is 0. The summed E-state index contributed by atoms with van der Waals surface area (Å²) in [5.74, 6) is 1.42. The lowest BCUT2D eigenvalue weighted by atomic mass is 9.91. The summed E-state index contributed by atoms with van der Waals surface area (Å²) in [6, 6.07) is 2.75. The van der Waals surface area contributed by atoms with Crippen LogP contribution in [0.5, 0.6) is 0 Å². The molecule has 6 nitrogen and oxygen atoms in total. The Hall–Kier alpha value is -3.06. The van der Waals surface area contributed by atoms with Crippen LogP contribution in [0, 0.1) is 11.3 Å². The van der Waals surface area contributed by atoms with E-state index in [0.717, 1.165) is 39.6 Å². The van der Waals surface area contributed by atoms with E-state index in [1.807, 2.05) is 38.4 Å². The molecule has 1 unspecified atom stereocenters. The molecule has 38 heavy (non-hydrogen) atoms. The number of rotatable bonds is 11. The first-order valence-corrected chi connectivity index (χ1v) is 14.6. The summed E-state index contributed by atoms with van der Waals surface area (Å²) >= 11 is 1.78. The number of hydrogen-bond donors (Lipinski definition) is 2. The van der Waals surface area contributed by atoms with Crippen LogP contribution in [-0.4, -0.2) is 43.4 Å². The summed E-state index contributed by atoms with van der Waals surface area (Å²) in [6.07, 6.45) is 15.5. The normalized spacial score (nSPS) is 16.6. The van der Waals surface area contributed by atoms with Crippen LogP contribution in [0.3, 0.4) is 0 Å². The molecule has 1 atom stereocenters. The third-order valence-corrected chi connectivity index (χ3v) is 8.53. The number of nitrogens with zero attached hydrogens (tertiary/aromatic N) is 4. The molecule has 1 fully saturated rings. The summed E-state index contributed by atoms with van der Waals surface area (Å²) in [5, 5.41) is 13.6. The van der Waals surface area contributed by atoms with Crippen LogP contribution in [0.25, 0.3) is 21.5 Å². The molecule has 1 aliphatic carbocycles. The standard InChI is InChI=1S/C31H44N6S/c1-9-11-17-34-29(21(5)10-2)35-19-22(6)26-18-24(25(33-7)15-16-32)28-27(20(3)4)31(38-30(28)36-26)37(8)23-13-12-14-23/h9,11,15-21,23,32-33H,10,12-14H2,1-8H3/b11-9-,22-19+,25-15-,32-16?,34-17-,35-29+. The van der Waals surface area contributed by atoms with Crippen LogP contribution >= 0.6 is 11.3 Å². The van der Waals surface area contributed by atoms with Gasteiger partial charge in [0.05, 0.1) is 10.7 Å². The van der Waals surface area contributed by atoms with Crippen molar-refractivity contribution >= 4 is 56.1 Å². The van der Waals surface area contributed by atoms with E-state index in [-0.39, 0.29) is 5.92 Å². The van der Waals surface area contributed by atoms with Crippen molar-refractivity contribution in [1.82, 2.24) is 10.3 Å². The van der Waals surface area contributed by atoms with Crippen LogP contribution in [0.2, 0.25) is 0 Å². The van der Waals surface area contributed by atoms with Crippen molar-refractivity contribution in [1.29, 1.82) is 5.41 Å². The number of thiophene rings is 1. The molecule has 0 bridgehead atoms. The fraction of sp³-hybridized carbons (Fsp3) is 0.484. The molecule has 2 N–H and O–H groups in total. The molecule has 0 amide bonds. The summed E-state index contributed by atoms with van der Waals surface area (Å²) in [4.78, 5) is 18.1. The molecule has 0 aromatic carbocycles. The molecule has 3 rings (SSSR count). The van der Waals surface area contributed by atoms with E-state index in [1.54, 1.807) is 17.6 Å². The third kappa shape index (κ3) is 6.49. The number of aliphatic imine (C=N–C) groups is 2. The van der Waals surface area contributed by atoms with Crippen molar-refractivity contribution in [2.45, 2.75) is 79.2 Å². The fourth-order valence-electron chi connectivity index (χ4n) is 4.56. The smallest absolute Gasteiger partial charge is 0.130 e. The van der Waals surface area contributed by atoms with Gasteiger partial charge in [-0.15, -0.1) is 0 Å². The summed E-state index contributed by atoms with van der Waals surface area (Å²) in [6.45, 7) is 12.9. The second kappa shape index (κ2) is 13.7. The minimum Gasteiger partial charge on any atom is -0.388 e. The minimum atomic E-state index is 0.258. The van der Waals surface area contributed by atoms with Crippen molar-refractivity contribution in [3.63, 3.8) is 0 Å². The highest BCUT2D eigenvalue weighted by molar-refractivity contribution is 7.22. The minimum absolute atomic E-state index is 0.258. The zero-order valence-electron chi connectivity index (χ0n) is 24.3. The van der Waals surface area contributed by atoms with Gasteiger partial charge >= 0.3 is 0 Å². The van der Waals surface area contributed by atoms with E-state index in [9.17, 15) is 0 Å². The van der Waals surface area contributed by atoms with Crippen LogP contribution in [0.15, 0.2) is 40.5 Å². The van der Waals surface area contributed by atoms with Crippen LogP contribution in [0.4, 0.5) is 5.00 Å². The van der Waals surface area contributed by atoms with Crippen molar-refractivity contribution < 1.29 is 0 Å². The van der Waals surface area contributed by atoms with Crippen LogP contribution in [0.1, 0.15) is 90.0 Å². The van der Waals surface area contributed by atoms with Gasteiger partial charge in [0.2, 0.25) is 0 Å². The van der Waals surface area contributed by atoms with E-state index in [0.29, 0.717) is 12.0 Å². The van der Waals surface area contributed by atoms with Crippen molar-refractivity contribution in [3.05, 3.63) is 47.3 Å². The first kappa shape index (κ1) is 29.5. The predicted octanol–water partition coefficient (Wildman–Crippen LogP) is 8.07. The molecule has 1 saturated carbocycles. The molecule has 2 heterocycles.